The van der Waals surface area contributed by atoms with E-state index in [-0.39, 0.29) is 10.6 Å². The van der Waals surface area contributed by atoms with Crippen molar-refractivity contribution >= 4 is 26.7 Å². The molecule has 1 aliphatic heterocycles. The van der Waals surface area contributed by atoms with Gasteiger partial charge in [-0.15, -0.1) is 0 Å². The van der Waals surface area contributed by atoms with Crippen molar-refractivity contribution in [3.8, 4) is 0 Å². The van der Waals surface area contributed by atoms with Crippen molar-refractivity contribution in [1.29, 1.82) is 0 Å². The number of aromatic amines is 3. The third kappa shape index (κ3) is 2.71. The first-order valence-electron chi connectivity index (χ1n) is 8.35. The van der Waals surface area contributed by atoms with Gasteiger partial charge in [0.15, 0.2) is 0 Å². The van der Waals surface area contributed by atoms with E-state index in [9.17, 15) is 13.2 Å². The molecule has 10 heteroatoms. The van der Waals surface area contributed by atoms with Gasteiger partial charge in [0, 0.05) is 31.9 Å². The van der Waals surface area contributed by atoms with E-state index in [2.05, 4.69) is 25.1 Å². The lowest BCUT2D eigenvalue weighted by Crippen LogP contribution is -2.48. The zero-order valence-corrected chi connectivity index (χ0v) is 15.4. The Bertz CT molecular complexity index is 1100. The molecule has 3 aromatic rings. The highest BCUT2D eigenvalue weighted by molar-refractivity contribution is 7.89. The van der Waals surface area contributed by atoms with Crippen LogP contribution in [0.1, 0.15) is 11.4 Å². The Morgan fingerprint density at radius 3 is 2.38 bits per heavy atom. The summed E-state index contributed by atoms with van der Waals surface area (Å²) in [6.45, 7) is 5.36. The zero-order valence-electron chi connectivity index (χ0n) is 14.5. The van der Waals surface area contributed by atoms with Crippen LogP contribution in [0.5, 0.6) is 0 Å². The van der Waals surface area contributed by atoms with Crippen LogP contribution in [0.15, 0.2) is 27.9 Å². The first kappa shape index (κ1) is 16.9. The largest absolute Gasteiger partial charge is 0.369 e. The topological polar surface area (TPSA) is 118 Å². The van der Waals surface area contributed by atoms with E-state index in [0.29, 0.717) is 37.6 Å². The number of hydrogen-bond donors (Lipinski definition) is 3. The third-order valence-corrected chi connectivity index (χ3v) is 6.92. The van der Waals surface area contributed by atoms with Crippen LogP contribution in [0, 0.1) is 13.8 Å². The highest BCUT2D eigenvalue weighted by atomic mass is 32.2. The highest BCUT2D eigenvalue weighted by Gasteiger charge is 2.32. The average Bonchev–Trinajstić information content (AvgIpc) is 3.15. The van der Waals surface area contributed by atoms with E-state index in [4.69, 9.17) is 0 Å². The van der Waals surface area contributed by atoms with Gasteiger partial charge in [-0.3, -0.25) is 5.10 Å². The molecule has 138 valence electrons. The molecule has 3 N–H and O–H groups in total. The summed E-state index contributed by atoms with van der Waals surface area (Å²) in [5, 5.41) is 6.74. The van der Waals surface area contributed by atoms with E-state index in [1.807, 2.05) is 18.2 Å². The van der Waals surface area contributed by atoms with Gasteiger partial charge in [-0.25, -0.2) is 13.2 Å². The predicted octanol–water partition coefficient (Wildman–Crippen LogP) is 0.707. The molecule has 1 fully saturated rings. The maximum absolute atomic E-state index is 12.9. The fourth-order valence-corrected chi connectivity index (χ4v) is 5.21. The van der Waals surface area contributed by atoms with Crippen LogP contribution in [-0.4, -0.2) is 59.1 Å². The Kier molecular flexibility index (Phi) is 3.88. The lowest BCUT2D eigenvalue weighted by atomic mass is 10.2. The summed E-state index contributed by atoms with van der Waals surface area (Å²) in [7, 11) is -3.56. The molecule has 0 atom stereocenters. The lowest BCUT2D eigenvalue weighted by Gasteiger charge is -2.35. The van der Waals surface area contributed by atoms with Crippen LogP contribution in [0.4, 0.5) is 5.69 Å². The van der Waals surface area contributed by atoms with E-state index in [1.165, 1.54) is 4.31 Å². The van der Waals surface area contributed by atoms with Gasteiger partial charge < -0.3 is 14.9 Å². The number of nitrogens with zero attached hydrogens (tertiary/aromatic N) is 3. The standard InChI is InChI=1S/C16H20N6O3S/c1-10-15(11(2)20-19-10)26(24,25)22-7-5-21(6-8-22)12-3-4-13-14(9-12)18-16(23)17-13/h3-4,9H,5-8H2,1-2H3,(H,19,20)(H2,17,18,23). The van der Waals surface area contributed by atoms with Crippen molar-refractivity contribution in [2.24, 2.45) is 0 Å². The van der Waals surface area contributed by atoms with Crippen molar-refractivity contribution in [3.63, 3.8) is 0 Å². The first-order chi connectivity index (χ1) is 12.4. The second-order valence-corrected chi connectivity index (χ2v) is 8.34. The molecule has 3 heterocycles. The number of aromatic nitrogens is 4. The Morgan fingerprint density at radius 1 is 1.04 bits per heavy atom. The van der Waals surface area contributed by atoms with Gasteiger partial charge >= 0.3 is 5.69 Å². The quantitative estimate of drug-likeness (QED) is 0.622. The number of H-pyrrole nitrogens is 3. The number of benzene rings is 1. The summed E-state index contributed by atoms with van der Waals surface area (Å²) in [6.07, 6.45) is 0. The smallest absolute Gasteiger partial charge is 0.323 e. The Hall–Kier alpha value is -2.59. The second kappa shape index (κ2) is 5.99. The third-order valence-electron chi connectivity index (χ3n) is 4.76. The van der Waals surface area contributed by atoms with Crippen molar-refractivity contribution < 1.29 is 8.42 Å². The minimum Gasteiger partial charge on any atom is -0.369 e. The highest BCUT2D eigenvalue weighted by Crippen LogP contribution is 2.25. The van der Waals surface area contributed by atoms with Crippen LogP contribution in [0.2, 0.25) is 0 Å². The van der Waals surface area contributed by atoms with Gasteiger partial charge in [-0.2, -0.15) is 9.40 Å². The molecule has 26 heavy (non-hydrogen) atoms. The van der Waals surface area contributed by atoms with E-state index < -0.39 is 10.0 Å². The average molecular weight is 376 g/mol. The molecule has 0 spiro atoms. The Balaban J connectivity index is 1.54. The number of aryl methyl sites for hydroxylation is 2. The fraction of sp³-hybridized carbons (Fsp3) is 0.375. The molecule has 2 aromatic heterocycles. The normalized spacial score (nSPS) is 16.5. The summed E-state index contributed by atoms with van der Waals surface area (Å²) < 4.78 is 27.3. The molecule has 1 aliphatic rings. The van der Waals surface area contributed by atoms with Gasteiger partial charge in [0.2, 0.25) is 10.0 Å². The van der Waals surface area contributed by atoms with Crippen molar-refractivity contribution in [1.82, 2.24) is 24.5 Å². The van der Waals surface area contributed by atoms with Crippen LogP contribution >= 0.6 is 0 Å². The molecule has 4 rings (SSSR count). The minimum atomic E-state index is -3.56. The van der Waals surface area contributed by atoms with Crippen molar-refractivity contribution in [2.45, 2.75) is 18.7 Å². The first-order valence-corrected chi connectivity index (χ1v) is 9.79. The molecular weight excluding hydrogens is 356 g/mol. The minimum absolute atomic E-state index is 0.237. The number of hydrogen-bond acceptors (Lipinski definition) is 5. The Labute approximate surface area is 150 Å². The Morgan fingerprint density at radius 2 is 1.73 bits per heavy atom. The number of imidazole rings is 1. The van der Waals surface area contributed by atoms with E-state index >= 15 is 0 Å². The summed E-state index contributed by atoms with van der Waals surface area (Å²) in [6, 6.07) is 5.69. The second-order valence-electron chi connectivity index (χ2n) is 6.46. The number of anilines is 1. The maximum atomic E-state index is 12.9. The molecule has 1 saturated heterocycles. The summed E-state index contributed by atoms with van der Waals surface area (Å²) in [5.41, 5.74) is 3.27. The van der Waals surface area contributed by atoms with Crippen molar-refractivity contribution in [3.05, 3.63) is 40.1 Å². The number of rotatable bonds is 3. The molecule has 1 aromatic carbocycles. The predicted molar refractivity (Wildman–Crippen MR) is 98.0 cm³/mol. The summed E-state index contributed by atoms with van der Waals surface area (Å²) in [4.78, 5) is 19.2. The van der Waals surface area contributed by atoms with Crippen LogP contribution in [0.3, 0.4) is 0 Å². The van der Waals surface area contributed by atoms with Crippen molar-refractivity contribution in [2.75, 3.05) is 31.1 Å². The van der Waals surface area contributed by atoms with Crippen LogP contribution < -0.4 is 10.6 Å². The van der Waals surface area contributed by atoms with Crippen LogP contribution in [-0.2, 0) is 10.0 Å². The zero-order chi connectivity index (χ0) is 18.5. The van der Waals surface area contributed by atoms with Gasteiger partial charge in [0.05, 0.1) is 22.4 Å². The SMILES string of the molecule is Cc1n[nH]c(C)c1S(=O)(=O)N1CCN(c2ccc3[nH]c(=O)[nH]c3c2)CC1. The molecule has 9 nitrogen and oxygen atoms in total. The molecule has 0 unspecified atom stereocenters. The monoisotopic (exact) mass is 376 g/mol. The van der Waals surface area contributed by atoms with Crippen LogP contribution in [0.25, 0.3) is 11.0 Å². The number of sulfonamides is 1. The molecule has 0 amide bonds. The van der Waals surface area contributed by atoms with Gasteiger partial charge in [-0.05, 0) is 32.0 Å². The number of fused-ring (bicyclic) bond motifs is 1. The molecule has 0 saturated carbocycles. The number of nitrogens with one attached hydrogen (secondary N) is 3. The van der Waals surface area contributed by atoms with Gasteiger partial charge in [0.25, 0.3) is 0 Å². The summed E-state index contributed by atoms with van der Waals surface area (Å²) in [5.74, 6) is 0. The maximum Gasteiger partial charge on any atom is 0.323 e. The summed E-state index contributed by atoms with van der Waals surface area (Å²) >= 11 is 0. The molecule has 0 radical (unpaired) electrons. The van der Waals surface area contributed by atoms with Gasteiger partial charge in [0.1, 0.15) is 4.90 Å². The molecular formula is C16H20N6O3S. The van der Waals surface area contributed by atoms with E-state index in [1.54, 1.807) is 13.8 Å². The molecule has 0 aliphatic carbocycles. The lowest BCUT2D eigenvalue weighted by molar-refractivity contribution is 0.384. The number of piperazine rings is 1. The van der Waals surface area contributed by atoms with E-state index in [0.717, 1.165) is 16.7 Å². The fourth-order valence-electron chi connectivity index (χ4n) is 3.45. The van der Waals surface area contributed by atoms with Gasteiger partial charge in [-0.1, -0.05) is 0 Å². The molecule has 0 bridgehead atoms.